The van der Waals surface area contributed by atoms with Gasteiger partial charge in [0.05, 0.1) is 16.6 Å². The monoisotopic (exact) mass is 483 g/mol. The lowest BCUT2D eigenvalue weighted by Gasteiger charge is -2.15. The first-order valence-electron chi connectivity index (χ1n) is 10.5. The number of amides is 1. The summed E-state index contributed by atoms with van der Waals surface area (Å²) in [7, 11) is -4.02. The van der Waals surface area contributed by atoms with Crippen molar-refractivity contribution in [1.82, 2.24) is 14.7 Å². The molecule has 0 fully saturated rings. The number of nitrogens with one attached hydrogen (secondary N) is 1. The largest absolute Gasteiger partial charge is 0.490 e. The smallest absolute Gasteiger partial charge is 0.253 e. The van der Waals surface area contributed by atoms with Crippen molar-refractivity contribution in [2.24, 2.45) is 0 Å². The average molecular weight is 484 g/mol. The van der Waals surface area contributed by atoms with Crippen LogP contribution >= 0.6 is 0 Å². The van der Waals surface area contributed by atoms with Crippen molar-refractivity contribution < 1.29 is 22.3 Å². The van der Waals surface area contributed by atoms with Crippen molar-refractivity contribution in [3.05, 3.63) is 95.6 Å². The number of ether oxygens (including phenoxy) is 1. The van der Waals surface area contributed by atoms with E-state index in [1.54, 1.807) is 62.0 Å². The highest BCUT2D eigenvalue weighted by atomic mass is 32.2. The van der Waals surface area contributed by atoms with Crippen molar-refractivity contribution >= 4 is 21.4 Å². The van der Waals surface area contributed by atoms with Crippen molar-refractivity contribution in [2.45, 2.75) is 31.8 Å². The van der Waals surface area contributed by atoms with Crippen LogP contribution in [-0.4, -0.2) is 36.4 Å². The van der Waals surface area contributed by atoms with Gasteiger partial charge in [0, 0.05) is 31.2 Å². The molecule has 1 aromatic carbocycles. The van der Waals surface area contributed by atoms with Gasteiger partial charge in [0.2, 0.25) is 9.84 Å². The summed E-state index contributed by atoms with van der Waals surface area (Å²) in [4.78, 5) is 16.4. The van der Waals surface area contributed by atoms with E-state index < -0.39 is 15.7 Å². The molecule has 0 saturated carbocycles. The third-order valence-corrected chi connectivity index (χ3v) is 6.62. The summed E-state index contributed by atoms with van der Waals surface area (Å²) in [5.41, 5.74) is 1.92. The molecular weight excluding hydrogens is 457 g/mol. The van der Waals surface area contributed by atoms with Gasteiger partial charge in [0.1, 0.15) is 22.1 Å². The molecule has 2 heterocycles. The van der Waals surface area contributed by atoms with Crippen molar-refractivity contribution in [1.29, 1.82) is 0 Å². The molecule has 0 atom stereocenters. The van der Waals surface area contributed by atoms with E-state index in [9.17, 15) is 17.6 Å². The van der Waals surface area contributed by atoms with Crippen LogP contribution in [0.2, 0.25) is 0 Å². The van der Waals surface area contributed by atoms with Gasteiger partial charge < -0.3 is 14.5 Å². The van der Waals surface area contributed by atoms with Gasteiger partial charge in [-0.05, 0) is 51.1 Å². The standard InChI is InChI=1S/C25H26FN3O4S/c1-5-21(34(31,32)23-10-8-20(26)14-22(23)33-17(2)3)9-6-18(4)15-28-25(30)19-7-11-24-27-12-13-29(24)16-19/h5-14,16-17H,1,15H2,2-4H3,(H,28,30)/b18-6+,21-9+. The maximum atomic E-state index is 13.7. The number of nitrogens with zero attached hydrogens (tertiary/aromatic N) is 2. The van der Waals surface area contributed by atoms with Crippen molar-refractivity contribution in [2.75, 3.05) is 6.54 Å². The lowest BCUT2D eigenvalue weighted by molar-refractivity contribution is 0.0956. The summed E-state index contributed by atoms with van der Waals surface area (Å²) in [6, 6.07) is 6.71. The number of rotatable bonds is 9. The fraction of sp³-hybridized carbons (Fsp3) is 0.200. The number of aromatic nitrogens is 2. The lowest BCUT2D eigenvalue weighted by atomic mass is 10.2. The fourth-order valence-electron chi connectivity index (χ4n) is 3.10. The van der Waals surface area contributed by atoms with Crippen LogP contribution in [0.4, 0.5) is 4.39 Å². The number of pyridine rings is 1. The molecule has 0 aliphatic heterocycles. The predicted molar refractivity (Wildman–Crippen MR) is 129 cm³/mol. The Labute approximate surface area is 198 Å². The van der Waals surface area contributed by atoms with Crippen LogP contribution in [0.5, 0.6) is 5.75 Å². The topological polar surface area (TPSA) is 89.8 Å². The third kappa shape index (κ3) is 5.79. The summed E-state index contributed by atoms with van der Waals surface area (Å²) in [5, 5.41) is 2.80. The van der Waals surface area contributed by atoms with Gasteiger partial charge in [-0.15, -0.1) is 0 Å². The summed E-state index contributed by atoms with van der Waals surface area (Å²) in [6.45, 7) is 9.01. The molecule has 9 heteroatoms. The molecule has 178 valence electrons. The second-order valence-corrected chi connectivity index (χ2v) is 9.76. The van der Waals surface area contributed by atoms with E-state index in [2.05, 4.69) is 16.9 Å². The van der Waals surface area contributed by atoms with E-state index in [1.807, 2.05) is 0 Å². The molecule has 1 N–H and O–H groups in total. The molecule has 0 radical (unpaired) electrons. The number of fused-ring (bicyclic) bond motifs is 1. The number of hydrogen-bond donors (Lipinski definition) is 1. The molecule has 0 bridgehead atoms. The summed E-state index contributed by atoms with van der Waals surface area (Å²) < 4.78 is 47.3. The van der Waals surface area contributed by atoms with E-state index in [-0.39, 0.29) is 34.1 Å². The Kier molecular flexibility index (Phi) is 7.68. The van der Waals surface area contributed by atoms with Gasteiger partial charge in [-0.1, -0.05) is 24.3 Å². The first-order chi connectivity index (χ1) is 16.1. The van der Waals surface area contributed by atoms with Crippen LogP contribution in [0.15, 0.2) is 89.1 Å². The number of sulfone groups is 1. The number of allylic oxidation sites excluding steroid dienone is 3. The van der Waals surface area contributed by atoms with Crippen LogP contribution in [0.1, 0.15) is 31.1 Å². The van der Waals surface area contributed by atoms with Gasteiger partial charge in [0.15, 0.2) is 0 Å². The Hall–Kier alpha value is -3.72. The second kappa shape index (κ2) is 10.5. The Morgan fingerprint density at radius 1 is 1.26 bits per heavy atom. The highest BCUT2D eigenvalue weighted by molar-refractivity contribution is 7.95. The first-order valence-corrected chi connectivity index (χ1v) is 12.0. The number of carbonyl (C=O) groups excluding carboxylic acids is 1. The molecule has 0 aliphatic rings. The number of imidazole rings is 1. The number of carbonyl (C=O) groups is 1. The molecule has 1 amide bonds. The molecule has 3 aromatic rings. The van der Waals surface area contributed by atoms with Crippen molar-refractivity contribution in [3.8, 4) is 5.75 Å². The van der Waals surface area contributed by atoms with Gasteiger partial charge in [-0.2, -0.15) is 0 Å². The fourth-order valence-corrected chi connectivity index (χ4v) is 4.44. The van der Waals surface area contributed by atoms with Crippen LogP contribution in [-0.2, 0) is 9.84 Å². The van der Waals surface area contributed by atoms with Gasteiger partial charge in [-0.3, -0.25) is 4.79 Å². The van der Waals surface area contributed by atoms with E-state index >= 15 is 0 Å². The van der Waals surface area contributed by atoms with Gasteiger partial charge in [-0.25, -0.2) is 17.8 Å². The minimum Gasteiger partial charge on any atom is -0.490 e. The summed E-state index contributed by atoms with van der Waals surface area (Å²) in [6.07, 6.45) is 8.92. The molecule has 34 heavy (non-hydrogen) atoms. The Morgan fingerprint density at radius 3 is 2.74 bits per heavy atom. The predicted octanol–water partition coefficient (Wildman–Crippen LogP) is 4.48. The maximum Gasteiger partial charge on any atom is 0.253 e. The molecule has 7 nitrogen and oxygen atoms in total. The maximum absolute atomic E-state index is 13.7. The molecular formula is C25H26FN3O4S. The van der Waals surface area contributed by atoms with Gasteiger partial charge >= 0.3 is 0 Å². The zero-order valence-corrected chi connectivity index (χ0v) is 20.0. The normalized spacial score (nSPS) is 12.7. The molecule has 0 aliphatic carbocycles. The lowest BCUT2D eigenvalue weighted by Crippen LogP contribution is -2.25. The van der Waals surface area contributed by atoms with Crippen LogP contribution in [0, 0.1) is 5.82 Å². The number of halogens is 1. The SMILES string of the molecule is C=C/C(=C\C=C(/C)CNC(=O)c1ccc2nccn2c1)S(=O)(=O)c1ccc(F)cc1OC(C)C. The zero-order valence-electron chi connectivity index (χ0n) is 19.2. The first kappa shape index (κ1) is 24.9. The highest BCUT2D eigenvalue weighted by Gasteiger charge is 2.24. The number of hydrogen-bond acceptors (Lipinski definition) is 5. The molecule has 0 unspecified atom stereocenters. The summed E-state index contributed by atoms with van der Waals surface area (Å²) >= 11 is 0. The average Bonchev–Trinajstić information content (AvgIpc) is 3.25. The third-order valence-electron chi connectivity index (χ3n) is 4.78. The minimum atomic E-state index is -4.02. The van der Waals surface area contributed by atoms with Crippen LogP contribution < -0.4 is 10.1 Å². The Morgan fingerprint density at radius 2 is 2.03 bits per heavy atom. The van der Waals surface area contributed by atoms with E-state index in [0.717, 1.165) is 17.8 Å². The quantitative estimate of drug-likeness (QED) is 0.358. The summed E-state index contributed by atoms with van der Waals surface area (Å²) in [5.74, 6) is -0.936. The zero-order chi connectivity index (χ0) is 24.9. The highest BCUT2D eigenvalue weighted by Crippen LogP contribution is 2.31. The molecule has 0 saturated heterocycles. The van der Waals surface area contributed by atoms with Crippen LogP contribution in [0.25, 0.3) is 5.65 Å². The van der Waals surface area contributed by atoms with E-state index in [1.165, 1.54) is 18.2 Å². The van der Waals surface area contributed by atoms with E-state index in [4.69, 9.17) is 4.74 Å². The molecule has 3 rings (SSSR count). The van der Waals surface area contributed by atoms with Gasteiger partial charge in [0.25, 0.3) is 5.91 Å². The Balaban J connectivity index is 1.77. The minimum absolute atomic E-state index is 0.0643. The second-order valence-electron chi connectivity index (χ2n) is 7.84. The Bertz CT molecular complexity index is 1390. The molecule has 0 spiro atoms. The van der Waals surface area contributed by atoms with Crippen molar-refractivity contribution in [3.63, 3.8) is 0 Å². The van der Waals surface area contributed by atoms with E-state index in [0.29, 0.717) is 11.1 Å². The van der Waals surface area contributed by atoms with Crippen LogP contribution in [0.3, 0.4) is 0 Å². The number of benzene rings is 1. The molecule has 2 aromatic heterocycles.